The van der Waals surface area contributed by atoms with Crippen molar-refractivity contribution in [3.8, 4) is 11.4 Å². The van der Waals surface area contributed by atoms with Crippen molar-refractivity contribution >= 4 is 38.6 Å². The van der Waals surface area contributed by atoms with E-state index in [4.69, 9.17) is 11.6 Å². The molecule has 1 N–H and O–H groups in total. The largest absolute Gasteiger partial charge is 0.338 e. The molecule has 90 valence electrons. The highest BCUT2D eigenvalue weighted by Gasteiger charge is 2.11. The number of hydrogen-bond acceptors (Lipinski definition) is 1. The maximum absolute atomic E-state index is 13.6. The molecule has 0 atom stereocenters. The zero-order chi connectivity index (χ0) is 12.7. The summed E-state index contributed by atoms with van der Waals surface area (Å²) in [7, 11) is 0. The molecule has 18 heavy (non-hydrogen) atoms. The van der Waals surface area contributed by atoms with Gasteiger partial charge in [0.1, 0.15) is 11.6 Å². The SMILES string of the molecule is Fc1cc(-c2nc3ccccc3[nH]2)cc(Br)c1Cl. The molecule has 0 saturated heterocycles. The van der Waals surface area contributed by atoms with Crippen LogP contribution in [0.4, 0.5) is 4.39 Å². The van der Waals surface area contributed by atoms with Crippen LogP contribution in [0, 0.1) is 5.82 Å². The molecule has 0 aliphatic rings. The van der Waals surface area contributed by atoms with Gasteiger partial charge in [0.25, 0.3) is 0 Å². The summed E-state index contributed by atoms with van der Waals surface area (Å²) >= 11 is 8.99. The van der Waals surface area contributed by atoms with Crippen LogP contribution in [0.2, 0.25) is 5.02 Å². The minimum atomic E-state index is -0.471. The lowest BCUT2D eigenvalue weighted by Gasteiger charge is -2.01. The van der Waals surface area contributed by atoms with Crippen LogP contribution in [0.1, 0.15) is 0 Å². The standard InChI is InChI=1S/C13H7BrClFN2/c14-8-5-7(6-9(16)12(8)15)13-17-10-3-1-2-4-11(10)18-13/h1-6H,(H,17,18). The Hall–Kier alpha value is -1.39. The molecule has 0 unspecified atom stereocenters. The average Bonchev–Trinajstić information content (AvgIpc) is 2.79. The van der Waals surface area contributed by atoms with E-state index in [-0.39, 0.29) is 5.02 Å². The first-order chi connectivity index (χ1) is 8.65. The molecule has 0 amide bonds. The minimum absolute atomic E-state index is 0.0786. The van der Waals surface area contributed by atoms with E-state index in [1.807, 2.05) is 24.3 Å². The number of aromatic nitrogens is 2. The van der Waals surface area contributed by atoms with E-state index >= 15 is 0 Å². The number of nitrogens with zero attached hydrogens (tertiary/aromatic N) is 1. The van der Waals surface area contributed by atoms with Gasteiger partial charge < -0.3 is 4.98 Å². The Morgan fingerprint density at radius 1 is 1.22 bits per heavy atom. The third-order valence-electron chi connectivity index (χ3n) is 2.65. The molecule has 2 aromatic carbocycles. The van der Waals surface area contributed by atoms with Gasteiger partial charge in [0.05, 0.1) is 16.1 Å². The molecule has 5 heteroatoms. The van der Waals surface area contributed by atoms with E-state index in [1.165, 1.54) is 6.07 Å². The molecule has 2 nitrogen and oxygen atoms in total. The first-order valence-corrected chi connectivity index (χ1v) is 6.42. The summed E-state index contributed by atoms with van der Waals surface area (Å²) < 4.78 is 14.1. The molecule has 0 spiro atoms. The van der Waals surface area contributed by atoms with Crippen LogP contribution in [0.15, 0.2) is 40.9 Å². The second-order valence-corrected chi connectivity index (χ2v) is 5.09. The zero-order valence-corrected chi connectivity index (χ0v) is 11.4. The number of rotatable bonds is 1. The number of aromatic amines is 1. The fourth-order valence-electron chi connectivity index (χ4n) is 1.78. The van der Waals surface area contributed by atoms with Crippen LogP contribution in [0.3, 0.4) is 0 Å². The van der Waals surface area contributed by atoms with Gasteiger partial charge in [-0.2, -0.15) is 0 Å². The van der Waals surface area contributed by atoms with Crippen molar-refractivity contribution in [2.45, 2.75) is 0 Å². The van der Waals surface area contributed by atoms with E-state index in [0.717, 1.165) is 11.0 Å². The van der Waals surface area contributed by atoms with Crippen molar-refractivity contribution in [3.05, 3.63) is 51.7 Å². The lowest BCUT2D eigenvalue weighted by molar-refractivity contribution is 0.628. The monoisotopic (exact) mass is 324 g/mol. The summed E-state index contributed by atoms with van der Waals surface area (Å²) in [6.45, 7) is 0. The number of hydrogen-bond donors (Lipinski definition) is 1. The van der Waals surface area contributed by atoms with Crippen LogP contribution >= 0.6 is 27.5 Å². The summed E-state index contributed by atoms with van der Waals surface area (Å²) in [5, 5.41) is 0.0786. The van der Waals surface area contributed by atoms with Crippen LogP contribution in [0.25, 0.3) is 22.4 Å². The summed E-state index contributed by atoms with van der Waals surface area (Å²) in [5.74, 6) is 0.147. The van der Waals surface area contributed by atoms with Gasteiger partial charge in [0.2, 0.25) is 0 Å². The highest BCUT2D eigenvalue weighted by Crippen LogP contribution is 2.31. The van der Waals surface area contributed by atoms with Gasteiger partial charge >= 0.3 is 0 Å². The summed E-state index contributed by atoms with van der Waals surface area (Å²) in [6.07, 6.45) is 0. The van der Waals surface area contributed by atoms with Gasteiger partial charge in [0.15, 0.2) is 0 Å². The number of nitrogens with one attached hydrogen (secondary N) is 1. The first kappa shape index (κ1) is 11.7. The second kappa shape index (κ2) is 4.37. The summed E-state index contributed by atoms with van der Waals surface area (Å²) in [4.78, 5) is 7.55. The van der Waals surface area contributed by atoms with Crippen LogP contribution in [0.5, 0.6) is 0 Å². The highest BCUT2D eigenvalue weighted by molar-refractivity contribution is 9.10. The molecule has 0 saturated carbocycles. The van der Waals surface area contributed by atoms with Crippen LogP contribution in [-0.4, -0.2) is 9.97 Å². The Kier molecular flexibility index (Phi) is 2.84. The minimum Gasteiger partial charge on any atom is -0.338 e. The Bertz CT molecular complexity index is 683. The Labute approximate surface area is 116 Å². The van der Waals surface area contributed by atoms with Crippen LogP contribution < -0.4 is 0 Å². The topological polar surface area (TPSA) is 28.7 Å². The predicted octanol–water partition coefficient (Wildman–Crippen LogP) is 4.78. The maximum atomic E-state index is 13.6. The van der Waals surface area contributed by atoms with Crippen molar-refractivity contribution in [2.24, 2.45) is 0 Å². The lowest BCUT2D eigenvalue weighted by atomic mass is 10.2. The molecule has 0 aliphatic carbocycles. The van der Waals surface area contributed by atoms with Gasteiger partial charge in [-0.1, -0.05) is 23.7 Å². The third-order valence-corrected chi connectivity index (χ3v) is 3.88. The fraction of sp³-hybridized carbons (Fsp3) is 0. The first-order valence-electron chi connectivity index (χ1n) is 5.25. The normalized spacial score (nSPS) is 11.1. The number of para-hydroxylation sites is 2. The van der Waals surface area contributed by atoms with Crippen molar-refractivity contribution < 1.29 is 4.39 Å². The molecule has 3 aromatic rings. The van der Waals surface area contributed by atoms with Gasteiger partial charge in [0, 0.05) is 10.0 Å². The quantitative estimate of drug-likeness (QED) is 0.641. The van der Waals surface area contributed by atoms with E-state index < -0.39 is 5.82 Å². The predicted molar refractivity (Wildman–Crippen MR) is 74.2 cm³/mol. The molecular weight excluding hydrogens is 319 g/mol. The molecule has 3 rings (SSSR count). The number of halogens is 3. The van der Waals surface area contributed by atoms with E-state index in [0.29, 0.717) is 15.9 Å². The van der Waals surface area contributed by atoms with Gasteiger partial charge in [-0.05, 0) is 40.2 Å². The van der Waals surface area contributed by atoms with Gasteiger partial charge in [-0.15, -0.1) is 0 Å². The number of imidazole rings is 1. The highest BCUT2D eigenvalue weighted by atomic mass is 79.9. The zero-order valence-electron chi connectivity index (χ0n) is 9.05. The summed E-state index contributed by atoms with van der Waals surface area (Å²) in [6, 6.07) is 10.8. The Morgan fingerprint density at radius 2 is 2.00 bits per heavy atom. The number of fused-ring (bicyclic) bond motifs is 1. The fourth-order valence-corrected chi connectivity index (χ4v) is 2.33. The van der Waals surface area contributed by atoms with Crippen molar-refractivity contribution in [1.82, 2.24) is 9.97 Å². The maximum Gasteiger partial charge on any atom is 0.143 e. The Morgan fingerprint density at radius 3 is 2.72 bits per heavy atom. The second-order valence-electron chi connectivity index (χ2n) is 3.86. The average molecular weight is 326 g/mol. The molecule has 0 bridgehead atoms. The van der Waals surface area contributed by atoms with Crippen molar-refractivity contribution in [2.75, 3.05) is 0 Å². The molecule has 0 aliphatic heterocycles. The van der Waals surface area contributed by atoms with Gasteiger partial charge in [-0.3, -0.25) is 0 Å². The van der Waals surface area contributed by atoms with E-state index in [9.17, 15) is 4.39 Å². The molecular formula is C13H7BrClFN2. The van der Waals surface area contributed by atoms with Crippen molar-refractivity contribution in [3.63, 3.8) is 0 Å². The smallest absolute Gasteiger partial charge is 0.143 e. The lowest BCUT2D eigenvalue weighted by Crippen LogP contribution is -1.85. The van der Waals surface area contributed by atoms with Gasteiger partial charge in [-0.25, -0.2) is 9.37 Å². The third kappa shape index (κ3) is 1.91. The van der Waals surface area contributed by atoms with E-state index in [1.54, 1.807) is 6.07 Å². The molecule has 0 fully saturated rings. The molecule has 0 radical (unpaired) electrons. The number of benzene rings is 2. The molecule has 1 aromatic heterocycles. The number of H-pyrrole nitrogens is 1. The van der Waals surface area contributed by atoms with E-state index in [2.05, 4.69) is 25.9 Å². The van der Waals surface area contributed by atoms with Crippen LogP contribution in [-0.2, 0) is 0 Å². The Balaban J connectivity index is 2.20. The molecule has 1 heterocycles. The summed E-state index contributed by atoms with van der Waals surface area (Å²) in [5.41, 5.74) is 2.41. The van der Waals surface area contributed by atoms with Crippen molar-refractivity contribution in [1.29, 1.82) is 0 Å².